The number of carbonyl (C=O) groups excluding carboxylic acids is 1. The lowest BCUT2D eigenvalue weighted by atomic mass is 10.1. The molecule has 10 nitrogen and oxygen atoms in total. The van der Waals surface area contributed by atoms with Gasteiger partial charge in [0.05, 0.1) is 5.56 Å². The molecule has 3 N–H and O–H groups in total. The van der Waals surface area contributed by atoms with E-state index < -0.39 is 17.2 Å². The van der Waals surface area contributed by atoms with Gasteiger partial charge >= 0.3 is 5.69 Å². The standard InChI is InChI=1S/C22H29N7O3/c1-4-5-10-29-19(23)18(20(30)26-22(29)32)28(11-8-15(2)3)21(31)16-6-7-17(25-13-16)27-12-9-24-14-27/h6-7,9,12-15H,4-5,8,10-11,23H2,1-3H3,(H,26,30,32). The van der Waals surface area contributed by atoms with Crippen LogP contribution in [-0.2, 0) is 6.54 Å². The number of nitrogens with zero attached hydrogens (tertiary/aromatic N) is 5. The quantitative estimate of drug-likeness (QED) is 0.525. The molecule has 0 aromatic carbocycles. The van der Waals surface area contributed by atoms with Gasteiger partial charge in [-0.1, -0.05) is 27.2 Å². The number of aromatic nitrogens is 5. The molecule has 170 valence electrons. The van der Waals surface area contributed by atoms with Crippen LogP contribution in [0.5, 0.6) is 0 Å². The minimum Gasteiger partial charge on any atom is -0.383 e. The SMILES string of the molecule is CCCCn1c(N)c(N(CCC(C)C)C(=O)c2ccc(-n3ccnc3)nc2)c(=O)[nH]c1=O. The molecular formula is C22H29N7O3. The lowest BCUT2D eigenvalue weighted by molar-refractivity contribution is 0.0985. The number of rotatable bonds is 9. The van der Waals surface area contributed by atoms with Crippen LogP contribution >= 0.6 is 0 Å². The number of nitrogen functional groups attached to an aromatic ring is 1. The number of anilines is 2. The molecule has 3 aromatic rings. The van der Waals surface area contributed by atoms with E-state index in [-0.39, 0.29) is 18.1 Å². The van der Waals surface area contributed by atoms with Crippen LogP contribution in [0.4, 0.5) is 11.5 Å². The Morgan fingerprint density at radius 2 is 2.06 bits per heavy atom. The van der Waals surface area contributed by atoms with Crippen molar-refractivity contribution in [2.45, 2.75) is 46.6 Å². The fourth-order valence-corrected chi connectivity index (χ4v) is 3.29. The number of hydrogen-bond donors (Lipinski definition) is 2. The molecule has 0 aliphatic carbocycles. The van der Waals surface area contributed by atoms with Gasteiger partial charge in [0.2, 0.25) is 0 Å². The zero-order valence-corrected chi connectivity index (χ0v) is 18.6. The van der Waals surface area contributed by atoms with Gasteiger partial charge in [-0.05, 0) is 30.9 Å². The second kappa shape index (κ2) is 10.1. The molecule has 0 radical (unpaired) electrons. The van der Waals surface area contributed by atoms with E-state index in [2.05, 4.69) is 15.0 Å². The molecule has 0 aliphatic heterocycles. The van der Waals surface area contributed by atoms with Crippen LogP contribution in [0.2, 0.25) is 0 Å². The monoisotopic (exact) mass is 439 g/mol. The highest BCUT2D eigenvalue weighted by Gasteiger charge is 2.25. The maximum Gasteiger partial charge on any atom is 0.330 e. The summed E-state index contributed by atoms with van der Waals surface area (Å²) in [6, 6.07) is 3.34. The summed E-state index contributed by atoms with van der Waals surface area (Å²) in [4.78, 5) is 50.5. The van der Waals surface area contributed by atoms with Gasteiger partial charge in [-0.25, -0.2) is 14.8 Å². The van der Waals surface area contributed by atoms with E-state index in [9.17, 15) is 14.4 Å². The Morgan fingerprint density at radius 1 is 1.28 bits per heavy atom. The number of pyridine rings is 1. The average Bonchev–Trinajstić information content (AvgIpc) is 3.30. The van der Waals surface area contributed by atoms with Crippen LogP contribution in [0.25, 0.3) is 5.82 Å². The van der Waals surface area contributed by atoms with Crippen LogP contribution in [0.15, 0.2) is 46.6 Å². The van der Waals surface area contributed by atoms with Gasteiger partial charge in [0, 0.05) is 31.7 Å². The van der Waals surface area contributed by atoms with Crippen LogP contribution in [0.1, 0.15) is 50.4 Å². The van der Waals surface area contributed by atoms with Crippen molar-refractivity contribution in [3.8, 4) is 5.82 Å². The van der Waals surface area contributed by atoms with Gasteiger partial charge in [0.25, 0.3) is 11.5 Å². The topological polar surface area (TPSA) is 132 Å². The zero-order chi connectivity index (χ0) is 23.3. The van der Waals surface area contributed by atoms with Crippen molar-refractivity contribution in [3.63, 3.8) is 0 Å². The fourth-order valence-electron chi connectivity index (χ4n) is 3.29. The summed E-state index contributed by atoms with van der Waals surface area (Å²) < 4.78 is 3.04. The van der Waals surface area contributed by atoms with Gasteiger partial charge in [0.15, 0.2) is 5.69 Å². The molecule has 0 spiro atoms. The van der Waals surface area contributed by atoms with Crippen molar-refractivity contribution >= 4 is 17.4 Å². The Balaban J connectivity index is 2.02. The first-order valence-electron chi connectivity index (χ1n) is 10.7. The number of nitrogens with two attached hydrogens (primary N) is 1. The first-order valence-corrected chi connectivity index (χ1v) is 10.7. The Bertz CT molecular complexity index is 1160. The van der Waals surface area contributed by atoms with Gasteiger partial charge < -0.3 is 10.6 Å². The van der Waals surface area contributed by atoms with E-state index in [1.54, 1.807) is 35.4 Å². The first kappa shape index (κ1) is 23.0. The highest BCUT2D eigenvalue weighted by molar-refractivity contribution is 6.07. The molecule has 32 heavy (non-hydrogen) atoms. The van der Waals surface area contributed by atoms with Gasteiger partial charge in [0.1, 0.15) is 18.0 Å². The first-order chi connectivity index (χ1) is 15.3. The molecule has 10 heteroatoms. The molecule has 0 unspecified atom stereocenters. The minimum atomic E-state index is -0.680. The van der Waals surface area contributed by atoms with E-state index in [4.69, 9.17) is 5.73 Å². The molecule has 0 bridgehead atoms. The number of hydrogen-bond acceptors (Lipinski definition) is 6. The minimum absolute atomic E-state index is 0.00713. The normalized spacial score (nSPS) is 11.1. The summed E-state index contributed by atoms with van der Waals surface area (Å²) >= 11 is 0. The molecule has 1 amide bonds. The van der Waals surface area contributed by atoms with E-state index >= 15 is 0 Å². The Hall–Kier alpha value is -3.69. The number of aromatic amines is 1. The van der Waals surface area contributed by atoms with Crippen molar-refractivity contribution in [1.82, 2.24) is 24.1 Å². The summed E-state index contributed by atoms with van der Waals surface area (Å²) in [5.74, 6) is 0.483. The van der Waals surface area contributed by atoms with Crippen LogP contribution in [0.3, 0.4) is 0 Å². The van der Waals surface area contributed by atoms with Crippen LogP contribution in [-0.4, -0.2) is 36.5 Å². The van der Waals surface area contributed by atoms with Crippen LogP contribution in [0, 0.1) is 5.92 Å². The van der Waals surface area contributed by atoms with E-state index in [1.807, 2.05) is 20.8 Å². The number of amides is 1. The predicted molar refractivity (Wildman–Crippen MR) is 123 cm³/mol. The van der Waals surface area contributed by atoms with Gasteiger partial charge in [-0.2, -0.15) is 0 Å². The Kier molecular flexibility index (Phi) is 7.24. The summed E-state index contributed by atoms with van der Waals surface area (Å²) in [6.07, 6.45) is 8.67. The summed E-state index contributed by atoms with van der Waals surface area (Å²) in [6.45, 7) is 6.68. The Labute approximate surface area is 185 Å². The molecule has 0 saturated carbocycles. The number of nitrogens with one attached hydrogen (secondary N) is 1. The lowest BCUT2D eigenvalue weighted by Gasteiger charge is -2.25. The Morgan fingerprint density at radius 3 is 2.66 bits per heavy atom. The smallest absolute Gasteiger partial charge is 0.330 e. The van der Waals surface area contributed by atoms with Gasteiger partial charge in [-0.15, -0.1) is 0 Å². The molecule has 0 saturated heterocycles. The average molecular weight is 440 g/mol. The highest BCUT2D eigenvalue weighted by Crippen LogP contribution is 2.21. The fraction of sp³-hybridized carbons (Fsp3) is 0.409. The van der Waals surface area contributed by atoms with Crippen molar-refractivity contribution in [2.75, 3.05) is 17.2 Å². The maximum atomic E-state index is 13.4. The third kappa shape index (κ3) is 4.96. The number of carbonyl (C=O) groups is 1. The highest BCUT2D eigenvalue weighted by atomic mass is 16.2. The number of unbranched alkanes of at least 4 members (excludes halogenated alkanes) is 1. The number of imidazole rings is 1. The van der Waals surface area contributed by atoms with Crippen molar-refractivity contribution in [3.05, 3.63) is 63.5 Å². The van der Waals surface area contributed by atoms with Crippen LogP contribution < -0.4 is 21.9 Å². The van der Waals surface area contributed by atoms with Crippen molar-refractivity contribution < 1.29 is 4.79 Å². The third-order valence-electron chi connectivity index (χ3n) is 5.16. The molecule has 0 fully saturated rings. The van der Waals surface area contributed by atoms with Crippen molar-refractivity contribution in [2.24, 2.45) is 5.92 Å². The second-order valence-corrected chi connectivity index (χ2v) is 8.01. The summed E-state index contributed by atoms with van der Waals surface area (Å²) in [7, 11) is 0. The third-order valence-corrected chi connectivity index (χ3v) is 5.16. The molecule has 3 aromatic heterocycles. The number of H-pyrrole nitrogens is 1. The van der Waals surface area contributed by atoms with E-state index in [0.717, 1.165) is 12.8 Å². The molecule has 3 heterocycles. The molecular weight excluding hydrogens is 410 g/mol. The molecule has 3 rings (SSSR count). The van der Waals surface area contributed by atoms with E-state index in [1.165, 1.54) is 15.7 Å². The second-order valence-electron chi connectivity index (χ2n) is 8.01. The van der Waals surface area contributed by atoms with Crippen molar-refractivity contribution in [1.29, 1.82) is 0 Å². The largest absolute Gasteiger partial charge is 0.383 e. The maximum absolute atomic E-state index is 13.4. The summed E-state index contributed by atoms with van der Waals surface area (Å²) in [5, 5.41) is 0. The molecule has 0 atom stereocenters. The lowest BCUT2D eigenvalue weighted by Crippen LogP contribution is -2.42. The molecule has 0 aliphatic rings. The van der Waals surface area contributed by atoms with Gasteiger partial charge in [-0.3, -0.25) is 23.7 Å². The predicted octanol–water partition coefficient (Wildman–Crippen LogP) is 2.19. The zero-order valence-electron chi connectivity index (χ0n) is 18.6. The van der Waals surface area contributed by atoms with E-state index in [0.29, 0.717) is 30.3 Å². The summed E-state index contributed by atoms with van der Waals surface area (Å²) in [5.41, 5.74) is 5.30.